The Kier molecular flexibility index (Phi) is 9.39. The third kappa shape index (κ3) is 7.37. The van der Waals surface area contributed by atoms with E-state index in [1.165, 1.54) is 17.0 Å². The molecule has 0 spiro atoms. The zero-order valence-electron chi connectivity index (χ0n) is 19.7. The molecule has 3 rings (SSSR count). The lowest BCUT2D eigenvalue weighted by Crippen LogP contribution is -2.44. The van der Waals surface area contributed by atoms with Gasteiger partial charge in [-0.2, -0.15) is 0 Å². The topological polar surface area (TPSA) is 83.8 Å². The number of carbonyl (C=O) groups excluding carboxylic acids is 2. The van der Waals surface area contributed by atoms with Crippen molar-refractivity contribution in [3.05, 3.63) is 97.2 Å². The van der Waals surface area contributed by atoms with Crippen molar-refractivity contribution in [2.24, 2.45) is 5.92 Å². The summed E-state index contributed by atoms with van der Waals surface area (Å²) in [6, 6.07) is 17.4. The van der Waals surface area contributed by atoms with E-state index in [0.717, 1.165) is 22.9 Å². The molecule has 9 heteroatoms. The first kappa shape index (κ1) is 26.4. The first-order valence-corrected chi connectivity index (χ1v) is 12.6. The summed E-state index contributed by atoms with van der Waals surface area (Å²) in [7, 11) is 0. The molecule has 35 heavy (non-hydrogen) atoms. The number of rotatable bonds is 11. The zero-order valence-corrected chi connectivity index (χ0v) is 21.3. The zero-order chi connectivity index (χ0) is 25.4. The highest BCUT2D eigenvalue weighted by Gasteiger charge is 2.26. The van der Waals surface area contributed by atoms with Crippen LogP contribution in [0.15, 0.2) is 66.0 Å². The van der Waals surface area contributed by atoms with Crippen LogP contribution < -0.4 is 0 Å². The molecule has 3 aromatic rings. The molecule has 1 aromatic heterocycles. The second-order valence-corrected chi connectivity index (χ2v) is 9.87. The molecule has 0 bridgehead atoms. The fourth-order valence-corrected chi connectivity index (χ4v) is 4.55. The van der Waals surface area contributed by atoms with Crippen molar-refractivity contribution in [1.82, 2.24) is 9.80 Å². The Morgan fingerprint density at radius 3 is 2.40 bits per heavy atom. The van der Waals surface area contributed by atoms with Gasteiger partial charge >= 0.3 is 0 Å². The SMILES string of the molecule is CCC(C)CN(CC(=O)N(Cc1ccccc1)Cc1cccs1)C(=O)c1ccc([N+](=O)[O-])cc1Cl. The molecule has 7 nitrogen and oxygen atoms in total. The molecular weight excluding hydrogens is 486 g/mol. The molecule has 0 N–H and O–H groups in total. The molecule has 0 aliphatic rings. The van der Waals surface area contributed by atoms with Crippen molar-refractivity contribution in [2.45, 2.75) is 33.4 Å². The van der Waals surface area contributed by atoms with Crippen LogP contribution in [0, 0.1) is 16.0 Å². The fourth-order valence-electron chi connectivity index (χ4n) is 3.58. The molecule has 2 amide bonds. The Morgan fingerprint density at radius 1 is 1.06 bits per heavy atom. The van der Waals surface area contributed by atoms with Gasteiger partial charge in [0.15, 0.2) is 0 Å². The summed E-state index contributed by atoms with van der Waals surface area (Å²) in [5.74, 6) is -0.449. The van der Waals surface area contributed by atoms with Gasteiger partial charge < -0.3 is 9.80 Å². The molecular formula is C26H28ClN3O4S. The van der Waals surface area contributed by atoms with E-state index in [1.54, 1.807) is 16.2 Å². The Balaban J connectivity index is 1.85. The van der Waals surface area contributed by atoms with Crippen LogP contribution in [0.5, 0.6) is 0 Å². The minimum atomic E-state index is -0.563. The third-order valence-corrected chi connectivity index (χ3v) is 6.91. The minimum absolute atomic E-state index is 0.00877. The van der Waals surface area contributed by atoms with Crippen molar-refractivity contribution in [2.75, 3.05) is 13.1 Å². The Labute approximate surface area is 214 Å². The van der Waals surface area contributed by atoms with Crippen molar-refractivity contribution in [3.8, 4) is 0 Å². The van der Waals surface area contributed by atoms with Gasteiger partial charge in [-0.1, -0.05) is 68.3 Å². The van der Waals surface area contributed by atoms with Crippen LogP contribution in [0.4, 0.5) is 5.69 Å². The number of benzene rings is 2. The van der Waals surface area contributed by atoms with Gasteiger partial charge in [0.05, 0.1) is 22.1 Å². The lowest BCUT2D eigenvalue weighted by molar-refractivity contribution is -0.384. The predicted molar refractivity (Wildman–Crippen MR) is 138 cm³/mol. The number of non-ortho nitro benzene ring substituents is 1. The van der Waals surface area contributed by atoms with E-state index < -0.39 is 10.8 Å². The lowest BCUT2D eigenvalue weighted by Gasteiger charge is -2.29. The van der Waals surface area contributed by atoms with Gasteiger partial charge in [0, 0.05) is 30.1 Å². The number of amides is 2. The predicted octanol–water partition coefficient (Wildman–Crippen LogP) is 6.03. The lowest BCUT2D eigenvalue weighted by atomic mass is 10.1. The molecule has 0 radical (unpaired) electrons. The van der Waals surface area contributed by atoms with Gasteiger partial charge in [-0.15, -0.1) is 11.3 Å². The summed E-state index contributed by atoms with van der Waals surface area (Å²) < 4.78 is 0. The van der Waals surface area contributed by atoms with Crippen LogP contribution >= 0.6 is 22.9 Å². The first-order chi connectivity index (χ1) is 16.8. The molecule has 2 aromatic carbocycles. The van der Waals surface area contributed by atoms with E-state index in [0.29, 0.717) is 19.6 Å². The number of nitro benzene ring substituents is 1. The van der Waals surface area contributed by atoms with Crippen molar-refractivity contribution < 1.29 is 14.5 Å². The Hall–Kier alpha value is -3.23. The number of nitrogens with zero attached hydrogens (tertiary/aromatic N) is 3. The highest BCUT2D eigenvalue weighted by molar-refractivity contribution is 7.09. The van der Waals surface area contributed by atoms with Gasteiger partial charge in [0.2, 0.25) is 5.91 Å². The van der Waals surface area contributed by atoms with Crippen LogP contribution in [-0.4, -0.2) is 39.6 Å². The van der Waals surface area contributed by atoms with Gasteiger partial charge in [-0.25, -0.2) is 0 Å². The summed E-state index contributed by atoms with van der Waals surface area (Å²) in [5, 5.41) is 13.0. The Morgan fingerprint density at radius 2 is 1.80 bits per heavy atom. The highest BCUT2D eigenvalue weighted by atomic mass is 35.5. The molecule has 1 heterocycles. The van der Waals surface area contributed by atoms with Crippen molar-refractivity contribution in [3.63, 3.8) is 0 Å². The average Bonchev–Trinajstić information content (AvgIpc) is 3.36. The summed E-state index contributed by atoms with van der Waals surface area (Å²) >= 11 is 7.81. The molecule has 0 aliphatic heterocycles. The normalized spacial score (nSPS) is 11.6. The van der Waals surface area contributed by atoms with Crippen molar-refractivity contribution >= 4 is 40.4 Å². The largest absolute Gasteiger partial charge is 0.332 e. The van der Waals surface area contributed by atoms with Gasteiger partial charge in [-0.05, 0) is 29.0 Å². The smallest absolute Gasteiger partial charge is 0.270 e. The quantitative estimate of drug-likeness (QED) is 0.231. The molecule has 0 aliphatic carbocycles. The van der Waals surface area contributed by atoms with Crippen molar-refractivity contribution in [1.29, 1.82) is 0 Å². The van der Waals surface area contributed by atoms with Crippen LogP contribution in [0.1, 0.15) is 41.1 Å². The number of halogens is 1. The number of hydrogen-bond acceptors (Lipinski definition) is 5. The molecule has 1 atom stereocenters. The average molecular weight is 514 g/mol. The van der Waals surface area contributed by atoms with E-state index in [9.17, 15) is 19.7 Å². The number of hydrogen-bond donors (Lipinski definition) is 0. The first-order valence-electron chi connectivity index (χ1n) is 11.4. The van der Waals surface area contributed by atoms with Gasteiger partial charge in [0.25, 0.3) is 11.6 Å². The molecule has 0 saturated heterocycles. The second kappa shape index (κ2) is 12.5. The maximum Gasteiger partial charge on any atom is 0.270 e. The molecule has 1 unspecified atom stereocenters. The molecule has 0 fully saturated rings. The maximum atomic E-state index is 13.5. The van der Waals surface area contributed by atoms with Gasteiger partial charge in [0.1, 0.15) is 6.54 Å². The van der Waals surface area contributed by atoms with E-state index in [4.69, 9.17) is 11.6 Å². The van der Waals surface area contributed by atoms with Crippen LogP contribution in [-0.2, 0) is 17.9 Å². The fraction of sp³-hybridized carbons (Fsp3) is 0.308. The highest BCUT2D eigenvalue weighted by Crippen LogP contribution is 2.24. The van der Waals surface area contributed by atoms with Gasteiger partial charge in [-0.3, -0.25) is 19.7 Å². The molecule has 0 saturated carbocycles. The molecule has 184 valence electrons. The van der Waals surface area contributed by atoms with Crippen LogP contribution in [0.3, 0.4) is 0 Å². The van der Waals surface area contributed by atoms with E-state index >= 15 is 0 Å². The second-order valence-electron chi connectivity index (χ2n) is 8.44. The van der Waals surface area contributed by atoms with E-state index in [-0.39, 0.29) is 34.6 Å². The van der Waals surface area contributed by atoms with Crippen LogP contribution in [0.2, 0.25) is 5.02 Å². The number of carbonyl (C=O) groups is 2. The summed E-state index contributed by atoms with van der Waals surface area (Å²) in [4.78, 5) is 41.8. The number of nitro groups is 1. The monoisotopic (exact) mass is 513 g/mol. The summed E-state index contributed by atoms with van der Waals surface area (Å²) in [6.07, 6.45) is 0.828. The Bertz CT molecular complexity index is 1150. The maximum absolute atomic E-state index is 13.5. The standard InChI is InChI=1S/C26H28ClN3O4S/c1-3-19(2)15-29(26(32)23-12-11-21(30(33)34)14-24(23)27)18-25(31)28(17-22-10-7-13-35-22)16-20-8-5-4-6-9-20/h4-14,19H,3,15-18H2,1-2H3. The minimum Gasteiger partial charge on any atom is -0.332 e. The van der Waals surface area contributed by atoms with Crippen LogP contribution in [0.25, 0.3) is 0 Å². The summed E-state index contributed by atoms with van der Waals surface area (Å²) in [5.41, 5.74) is 0.943. The third-order valence-electron chi connectivity index (χ3n) is 5.73. The van der Waals surface area contributed by atoms with E-state index in [1.807, 2.05) is 61.7 Å². The summed E-state index contributed by atoms with van der Waals surface area (Å²) in [6.45, 7) is 5.14. The van der Waals surface area contributed by atoms with E-state index in [2.05, 4.69) is 0 Å². The number of thiophene rings is 1.